The third-order valence-corrected chi connectivity index (χ3v) is 10.0. The van der Waals surface area contributed by atoms with Crippen LogP contribution >= 0.6 is 0 Å². The summed E-state index contributed by atoms with van der Waals surface area (Å²) in [6, 6.07) is 5.56. The van der Waals surface area contributed by atoms with Crippen molar-refractivity contribution in [3.8, 4) is 0 Å². The molecule has 37 heavy (non-hydrogen) atoms. The number of aliphatic hydroxyl groups excluding tert-OH is 2. The Balaban J connectivity index is 1.45. The fourth-order valence-corrected chi connectivity index (χ4v) is 8.37. The largest absolute Gasteiger partial charge is 0.390 e. The number of ketones is 2. The van der Waals surface area contributed by atoms with E-state index in [0.29, 0.717) is 5.56 Å². The van der Waals surface area contributed by atoms with Crippen molar-refractivity contribution in [1.29, 1.82) is 0 Å². The third-order valence-electron chi connectivity index (χ3n) is 10.0. The first kappa shape index (κ1) is 25.0. The van der Waals surface area contributed by atoms with Gasteiger partial charge in [0.1, 0.15) is 18.6 Å². The summed E-state index contributed by atoms with van der Waals surface area (Å²) in [6.45, 7) is 2.33. The van der Waals surface area contributed by atoms with Crippen LogP contribution in [0.2, 0.25) is 0 Å². The van der Waals surface area contributed by atoms with Gasteiger partial charge in [0.15, 0.2) is 29.1 Å². The van der Waals surface area contributed by atoms with Crippen LogP contribution in [-0.4, -0.2) is 58.0 Å². The number of aliphatic hydroxyl groups is 2. The van der Waals surface area contributed by atoms with Crippen LogP contribution in [0.5, 0.6) is 0 Å². The zero-order valence-electron chi connectivity index (χ0n) is 20.5. The van der Waals surface area contributed by atoms with Crippen LogP contribution in [0, 0.1) is 28.5 Å². The summed E-state index contributed by atoms with van der Waals surface area (Å²) in [6.07, 6.45) is -1.96. The van der Waals surface area contributed by atoms with Crippen molar-refractivity contribution < 1.29 is 42.4 Å². The van der Waals surface area contributed by atoms with Gasteiger partial charge in [0.2, 0.25) is 0 Å². The lowest BCUT2D eigenvalue weighted by molar-refractivity contribution is -0.235. The van der Waals surface area contributed by atoms with Gasteiger partial charge in [0.25, 0.3) is 0 Å². The monoisotopic (exact) mass is 518 g/mol. The van der Waals surface area contributed by atoms with Gasteiger partial charge in [-0.15, -0.1) is 0 Å². The van der Waals surface area contributed by atoms with Crippen molar-refractivity contribution in [3.05, 3.63) is 59.4 Å². The molecule has 4 aliphatic carbocycles. The first-order valence-electron chi connectivity index (χ1n) is 12.6. The number of carbonyl (C=O) groups is 2. The average molecular weight is 519 g/mol. The van der Waals surface area contributed by atoms with Gasteiger partial charge in [0, 0.05) is 22.3 Å². The summed E-state index contributed by atoms with van der Waals surface area (Å²) in [7, 11) is 0. The van der Waals surface area contributed by atoms with Gasteiger partial charge in [-0.05, 0) is 62.0 Å². The fourth-order valence-electron chi connectivity index (χ4n) is 8.37. The van der Waals surface area contributed by atoms with E-state index in [1.165, 1.54) is 37.3 Å². The van der Waals surface area contributed by atoms with Crippen LogP contribution in [0.25, 0.3) is 0 Å². The Morgan fingerprint density at radius 1 is 1.22 bits per heavy atom. The van der Waals surface area contributed by atoms with Crippen LogP contribution in [0.3, 0.4) is 0 Å². The quantitative estimate of drug-likeness (QED) is 0.637. The Labute approximate surface area is 212 Å². The van der Waals surface area contributed by atoms with E-state index in [2.05, 4.69) is 0 Å². The molecule has 198 valence electrons. The van der Waals surface area contributed by atoms with E-state index in [1.54, 1.807) is 13.0 Å². The summed E-state index contributed by atoms with van der Waals surface area (Å²) in [5.74, 6) is -3.29. The molecule has 0 aromatic heterocycles. The maximum atomic E-state index is 17.3. The average Bonchev–Trinajstić information content (AvgIpc) is 3.35. The molecule has 6 rings (SSSR count). The van der Waals surface area contributed by atoms with Crippen LogP contribution in [0.4, 0.5) is 13.2 Å². The number of carbonyl (C=O) groups excluding carboxylic acids is 2. The molecule has 3 saturated carbocycles. The first-order valence-corrected chi connectivity index (χ1v) is 12.6. The lowest BCUT2D eigenvalue weighted by Gasteiger charge is -2.63. The van der Waals surface area contributed by atoms with Crippen molar-refractivity contribution in [2.45, 2.75) is 69.0 Å². The molecule has 5 aliphatic rings. The summed E-state index contributed by atoms with van der Waals surface area (Å²) in [5, 5.41) is 21.4. The summed E-state index contributed by atoms with van der Waals surface area (Å²) >= 11 is 0. The number of allylic oxidation sites excluding steroid dienone is 4. The van der Waals surface area contributed by atoms with Gasteiger partial charge >= 0.3 is 0 Å². The molecule has 0 unspecified atom stereocenters. The molecule has 10 atom stereocenters. The number of benzene rings is 1. The van der Waals surface area contributed by atoms with Gasteiger partial charge in [-0.1, -0.05) is 25.1 Å². The predicted octanol–water partition coefficient (Wildman–Crippen LogP) is 3.47. The molecule has 1 aromatic rings. The molecule has 0 amide bonds. The molecule has 4 fully saturated rings. The van der Waals surface area contributed by atoms with Crippen molar-refractivity contribution in [3.63, 3.8) is 0 Å². The molecular weight excluding hydrogens is 489 g/mol. The molecule has 9 heteroatoms. The van der Waals surface area contributed by atoms with Gasteiger partial charge < -0.3 is 19.7 Å². The number of Topliss-reactive ketones (excluding diaryl/α,β-unsaturated/α-hetero) is 1. The second-order valence-electron chi connectivity index (χ2n) is 11.5. The fraction of sp³-hybridized carbons (Fsp3) is 0.571. The number of fused-ring (bicyclic) bond motifs is 7. The van der Waals surface area contributed by atoms with E-state index in [4.69, 9.17) is 9.47 Å². The van der Waals surface area contributed by atoms with Crippen LogP contribution in [0.1, 0.15) is 45.0 Å². The Morgan fingerprint density at radius 3 is 2.68 bits per heavy atom. The molecule has 1 aliphatic heterocycles. The minimum Gasteiger partial charge on any atom is -0.390 e. The number of rotatable bonds is 3. The van der Waals surface area contributed by atoms with Crippen molar-refractivity contribution in [2.75, 3.05) is 6.61 Å². The summed E-state index contributed by atoms with van der Waals surface area (Å²) in [4.78, 5) is 25.4. The Kier molecular flexibility index (Phi) is 5.30. The van der Waals surface area contributed by atoms with Gasteiger partial charge in [-0.2, -0.15) is 0 Å². The molecule has 2 N–H and O–H groups in total. The molecular formula is C28H29F3O6. The maximum Gasteiger partial charge on any atom is 0.193 e. The Hall–Kier alpha value is -2.33. The first-order chi connectivity index (χ1) is 17.4. The van der Waals surface area contributed by atoms with E-state index < -0.39 is 82.6 Å². The minimum atomic E-state index is -2.31. The lowest BCUT2D eigenvalue weighted by Crippen LogP contribution is -2.70. The highest BCUT2D eigenvalue weighted by molar-refractivity contribution is 6.01. The van der Waals surface area contributed by atoms with Crippen molar-refractivity contribution in [1.82, 2.24) is 0 Å². The number of halogens is 3. The highest BCUT2D eigenvalue weighted by Gasteiger charge is 2.80. The third kappa shape index (κ3) is 2.91. The zero-order valence-corrected chi connectivity index (χ0v) is 20.5. The molecule has 6 nitrogen and oxygen atoms in total. The van der Waals surface area contributed by atoms with Crippen molar-refractivity contribution in [2.24, 2.45) is 22.7 Å². The van der Waals surface area contributed by atoms with Crippen LogP contribution < -0.4 is 0 Å². The Morgan fingerprint density at radius 2 is 1.97 bits per heavy atom. The maximum absolute atomic E-state index is 17.3. The van der Waals surface area contributed by atoms with Gasteiger partial charge in [-0.25, -0.2) is 13.2 Å². The van der Waals surface area contributed by atoms with Gasteiger partial charge in [-0.3, -0.25) is 9.59 Å². The van der Waals surface area contributed by atoms with E-state index in [1.807, 2.05) is 0 Å². The summed E-state index contributed by atoms with van der Waals surface area (Å²) < 4.78 is 59.3. The SMILES string of the molecule is C[C@]12C=CC(=O)C=C1[C@@H](F)C[C@H]1[C@@H]3C[C@H]4O[C@H](c5cccc(F)c5)O[C@@]4(C(=O)CO)[C@@]3(C)C[C@H](O)[C@@]12F. The normalized spacial score (nSPS) is 48.1. The van der Waals surface area contributed by atoms with E-state index in [0.717, 1.165) is 6.08 Å². The number of hydrogen-bond donors (Lipinski definition) is 2. The predicted molar refractivity (Wildman–Crippen MR) is 124 cm³/mol. The molecule has 0 bridgehead atoms. The number of hydrogen-bond acceptors (Lipinski definition) is 6. The smallest absolute Gasteiger partial charge is 0.193 e. The highest BCUT2D eigenvalue weighted by atomic mass is 19.1. The van der Waals surface area contributed by atoms with E-state index in [9.17, 15) is 24.2 Å². The van der Waals surface area contributed by atoms with E-state index in [-0.39, 0.29) is 24.8 Å². The standard InChI is InChI=1S/C28H29F3O6/c1-25-7-6-16(33)9-19(25)20(30)10-18-17-11-23-28(22(35)13-32,26(17,2)12-21(34)27(18,25)31)37-24(36-23)14-4-3-5-15(29)8-14/h3-9,17-18,20-21,23-24,32,34H,10-13H2,1-2H3/t17-,18-,20-,21-,23+,24-,25-,26-,27-,28+/m0/s1. The van der Waals surface area contributed by atoms with Crippen LogP contribution in [-0.2, 0) is 19.1 Å². The van der Waals surface area contributed by atoms with Crippen LogP contribution in [0.15, 0.2) is 48.1 Å². The second kappa shape index (κ2) is 7.85. The molecule has 1 aromatic carbocycles. The topological polar surface area (TPSA) is 93.1 Å². The minimum absolute atomic E-state index is 0.0133. The second-order valence-corrected chi connectivity index (χ2v) is 11.5. The molecule has 0 radical (unpaired) electrons. The highest BCUT2D eigenvalue weighted by Crippen LogP contribution is 2.72. The number of ether oxygens (including phenoxy) is 2. The molecule has 1 heterocycles. The summed E-state index contributed by atoms with van der Waals surface area (Å²) in [5.41, 5.74) is -6.47. The van der Waals surface area contributed by atoms with Crippen molar-refractivity contribution >= 4 is 11.6 Å². The molecule has 0 spiro atoms. The zero-order chi connectivity index (χ0) is 26.5. The molecule has 1 saturated heterocycles. The van der Waals surface area contributed by atoms with Gasteiger partial charge in [0.05, 0.1) is 12.2 Å². The van der Waals surface area contributed by atoms with E-state index >= 15 is 8.78 Å². The Bertz CT molecular complexity index is 1250. The lowest BCUT2D eigenvalue weighted by atomic mass is 9.44. The number of alkyl halides is 2.